The van der Waals surface area contributed by atoms with Crippen LogP contribution in [-0.4, -0.2) is 15.9 Å². The molecular weight excluding hydrogens is 390 g/mol. The fourth-order valence-electron chi connectivity index (χ4n) is 3.16. The number of nitrogens with zero attached hydrogens (tertiary/aromatic N) is 2. The van der Waals surface area contributed by atoms with Crippen LogP contribution in [0.3, 0.4) is 0 Å². The van der Waals surface area contributed by atoms with Crippen LogP contribution in [0.4, 0.5) is 5.13 Å². The number of pyridine rings is 1. The molecule has 0 unspecified atom stereocenters. The fraction of sp³-hybridized carbons (Fsp3) is 0.160. The highest BCUT2D eigenvalue weighted by atomic mass is 32.1. The standard InChI is InChI=1S/C25H23N3OS/c1-25(2,3)20-11-9-17(10-12-20)21-22(18-13-15-26-16-14-18)30-24(27-21)28-23(29)19-7-5-4-6-8-19/h4-16H,1-3H3,(H,27,28,29). The van der Waals surface area contributed by atoms with E-state index in [1.165, 1.54) is 16.9 Å². The summed E-state index contributed by atoms with van der Waals surface area (Å²) in [6, 6.07) is 21.6. The van der Waals surface area contributed by atoms with E-state index in [2.05, 4.69) is 55.3 Å². The maximum Gasteiger partial charge on any atom is 0.257 e. The number of carbonyl (C=O) groups is 1. The molecule has 0 fully saturated rings. The van der Waals surface area contributed by atoms with Gasteiger partial charge in [0.05, 0.1) is 10.6 Å². The van der Waals surface area contributed by atoms with Gasteiger partial charge in [0.2, 0.25) is 0 Å². The van der Waals surface area contributed by atoms with E-state index in [9.17, 15) is 4.79 Å². The molecule has 4 nitrogen and oxygen atoms in total. The van der Waals surface area contributed by atoms with Crippen molar-refractivity contribution in [3.8, 4) is 21.7 Å². The quantitative estimate of drug-likeness (QED) is 0.420. The SMILES string of the molecule is CC(C)(C)c1ccc(-c2nc(NC(=O)c3ccccc3)sc2-c2ccncc2)cc1. The Morgan fingerprint density at radius 1 is 0.867 bits per heavy atom. The van der Waals surface area contributed by atoms with E-state index in [1.807, 2.05) is 30.3 Å². The maximum absolute atomic E-state index is 12.6. The van der Waals surface area contributed by atoms with Crippen molar-refractivity contribution in [1.29, 1.82) is 0 Å². The molecule has 0 saturated heterocycles. The fourth-order valence-corrected chi connectivity index (χ4v) is 4.14. The summed E-state index contributed by atoms with van der Waals surface area (Å²) >= 11 is 1.47. The molecule has 150 valence electrons. The zero-order valence-electron chi connectivity index (χ0n) is 17.2. The summed E-state index contributed by atoms with van der Waals surface area (Å²) in [5, 5.41) is 3.52. The number of thiazole rings is 1. The Morgan fingerprint density at radius 2 is 1.53 bits per heavy atom. The molecule has 0 atom stereocenters. The summed E-state index contributed by atoms with van der Waals surface area (Å²) in [6.45, 7) is 6.60. The third-order valence-electron chi connectivity index (χ3n) is 4.85. The van der Waals surface area contributed by atoms with Crippen LogP contribution in [0.1, 0.15) is 36.7 Å². The van der Waals surface area contributed by atoms with Gasteiger partial charge in [0, 0.05) is 23.5 Å². The summed E-state index contributed by atoms with van der Waals surface area (Å²) < 4.78 is 0. The lowest BCUT2D eigenvalue weighted by atomic mass is 9.86. The summed E-state index contributed by atoms with van der Waals surface area (Å²) in [5.41, 5.74) is 4.86. The Morgan fingerprint density at radius 3 is 2.17 bits per heavy atom. The van der Waals surface area contributed by atoms with E-state index in [-0.39, 0.29) is 11.3 Å². The van der Waals surface area contributed by atoms with E-state index in [1.54, 1.807) is 24.5 Å². The molecule has 1 N–H and O–H groups in total. The Balaban J connectivity index is 1.72. The van der Waals surface area contributed by atoms with Crippen molar-refractivity contribution in [1.82, 2.24) is 9.97 Å². The minimum Gasteiger partial charge on any atom is -0.298 e. The average molecular weight is 414 g/mol. The van der Waals surface area contributed by atoms with Crippen LogP contribution in [0.2, 0.25) is 0 Å². The molecule has 4 rings (SSSR count). The highest BCUT2D eigenvalue weighted by Crippen LogP contribution is 2.39. The van der Waals surface area contributed by atoms with Crippen molar-refractivity contribution < 1.29 is 4.79 Å². The number of hydrogen-bond donors (Lipinski definition) is 1. The lowest BCUT2D eigenvalue weighted by Gasteiger charge is -2.19. The van der Waals surface area contributed by atoms with Gasteiger partial charge in [-0.15, -0.1) is 0 Å². The minimum atomic E-state index is -0.166. The Bertz CT molecular complexity index is 1140. The van der Waals surface area contributed by atoms with Crippen molar-refractivity contribution in [2.45, 2.75) is 26.2 Å². The van der Waals surface area contributed by atoms with Gasteiger partial charge < -0.3 is 0 Å². The van der Waals surface area contributed by atoms with Crippen LogP contribution in [0, 0.1) is 0 Å². The molecule has 0 aliphatic carbocycles. The van der Waals surface area contributed by atoms with E-state index < -0.39 is 0 Å². The average Bonchev–Trinajstić information content (AvgIpc) is 3.18. The van der Waals surface area contributed by atoms with Crippen LogP contribution < -0.4 is 5.32 Å². The number of rotatable bonds is 4. The predicted octanol–water partition coefficient (Wildman–Crippen LogP) is 6.42. The van der Waals surface area contributed by atoms with Crippen LogP contribution in [0.25, 0.3) is 21.7 Å². The van der Waals surface area contributed by atoms with Crippen molar-refractivity contribution in [3.63, 3.8) is 0 Å². The van der Waals surface area contributed by atoms with Crippen molar-refractivity contribution >= 4 is 22.4 Å². The van der Waals surface area contributed by atoms with Crippen molar-refractivity contribution in [2.75, 3.05) is 5.32 Å². The van der Waals surface area contributed by atoms with Crippen molar-refractivity contribution in [3.05, 3.63) is 90.3 Å². The van der Waals surface area contributed by atoms with Gasteiger partial charge in [-0.2, -0.15) is 0 Å². The third kappa shape index (κ3) is 4.31. The number of aromatic nitrogens is 2. The number of nitrogens with one attached hydrogen (secondary N) is 1. The van der Waals surface area contributed by atoms with Gasteiger partial charge in [-0.05, 0) is 40.8 Å². The Labute approximate surface area is 180 Å². The smallest absolute Gasteiger partial charge is 0.257 e. The molecule has 0 aliphatic rings. The highest BCUT2D eigenvalue weighted by molar-refractivity contribution is 7.19. The van der Waals surface area contributed by atoms with E-state index >= 15 is 0 Å². The first kappa shape index (κ1) is 20.0. The van der Waals surface area contributed by atoms with Crippen LogP contribution in [0.15, 0.2) is 79.1 Å². The maximum atomic E-state index is 12.6. The highest BCUT2D eigenvalue weighted by Gasteiger charge is 2.18. The predicted molar refractivity (Wildman–Crippen MR) is 124 cm³/mol. The molecule has 0 aliphatic heterocycles. The Hall–Kier alpha value is -3.31. The zero-order valence-corrected chi connectivity index (χ0v) is 18.0. The van der Waals surface area contributed by atoms with Gasteiger partial charge in [-0.3, -0.25) is 15.1 Å². The number of carbonyl (C=O) groups excluding carboxylic acids is 1. The third-order valence-corrected chi connectivity index (χ3v) is 5.87. The lowest BCUT2D eigenvalue weighted by molar-refractivity contribution is 0.102. The van der Waals surface area contributed by atoms with E-state index in [4.69, 9.17) is 4.98 Å². The molecule has 2 aromatic carbocycles. The molecule has 0 saturated carbocycles. The van der Waals surface area contributed by atoms with E-state index in [0.717, 1.165) is 21.7 Å². The second kappa shape index (κ2) is 8.20. The minimum absolute atomic E-state index is 0.0867. The topological polar surface area (TPSA) is 54.9 Å². The van der Waals surface area contributed by atoms with Crippen molar-refractivity contribution in [2.24, 2.45) is 0 Å². The molecule has 4 aromatic rings. The number of anilines is 1. The Kier molecular flexibility index (Phi) is 5.46. The molecular formula is C25H23N3OS. The molecule has 30 heavy (non-hydrogen) atoms. The molecule has 2 heterocycles. The molecule has 0 radical (unpaired) electrons. The molecule has 5 heteroatoms. The second-order valence-corrected chi connectivity index (χ2v) is 9.08. The second-order valence-electron chi connectivity index (χ2n) is 8.08. The number of benzene rings is 2. The first-order chi connectivity index (χ1) is 14.4. The van der Waals surface area contributed by atoms with E-state index in [0.29, 0.717) is 10.7 Å². The van der Waals surface area contributed by atoms with Gasteiger partial charge in [-0.1, -0.05) is 74.6 Å². The first-order valence-electron chi connectivity index (χ1n) is 9.80. The zero-order chi connectivity index (χ0) is 21.1. The van der Waals surface area contributed by atoms with Gasteiger partial charge >= 0.3 is 0 Å². The van der Waals surface area contributed by atoms with Gasteiger partial charge in [0.25, 0.3) is 5.91 Å². The van der Waals surface area contributed by atoms with Crippen LogP contribution >= 0.6 is 11.3 Å². The molecule has 0 spiro atoms. The number of amides is 1. The molecule has 0 bridgehead atoms. The van der Waals surface area contributed by atoms with Crippen LogP contribution in [0.5, 0.6) is 0 Å². The van der Waals surface area contributed by atoms with Crippen LogP contribution in [-0.2, 0) is 5.41 Å². The molecule has 2 aromatic heterocycles. The first-order valence-corrected chi connectivity index (χ1v) is 10.6. The summed E-state index contributed by atoms with van der Waals surface area (Å²) in [6.07, 6.45) is 3.54. The normalized spacial score (nSPS) is 11.3. The van der Waals surface area contributed by atoms with Gasteiger partial charge in [-0.25, -0.2) is 4.98 Å². The monoisotopic (exact) mass is 413 g/mol. The summed E-state index contributed by atoms with van der Waals surface area (Å²) in [7, 11) is 0. The number of hydrogen-bond acceptors (Lipinski definition) is 4. The molecule has 1 amide bonds. The summed E-state index contributed by atoms with van der Waals surface area (Å²) in [5.74, 6) is -0.166. The van der Waals surface area contributed by atoms with Gasteiger partial charge in [0.15, 0.2) is 5.13 Å². The lowest BCUT2D eigenvalue weighted by Crippen LogP contribution is -2.11. The summed E-state index contributed by atoms with van der Waals surface area (Å²) in [4.78, 5) is 22.5. The largest absolute Gasteiger partial charge is 0.298 e. The van der Waals surface area contributed by atoms with Gasteiger partial charge in [0.1, 0.15) is 0 Å².